The van der Waals surface area contributed by atoms with Crippen molar-refractivity contribution in [2.45, 2.75) is 6.92 Å². The van der Waals surface area contributed by atoms with Gasteiger partial charge in [-0.05, 0) is 25.1 Å². The normalized spacial score (nSPS) is 10.7. The highest BCUT2D eigenvalue weighted by atomic mass is 16.6. The highest BCUT2D eigenvalue weighted by Gasteiger charge is 2.14. The number of carbonyl (C=O) groups excluding carboxylic acids is 1. The number of aromatic nitrogens is 1. The topological polar surface area (TPSA) is 85.2 Å². The Kier molecular flexibility index (Phi) is 3.80. The van der Waals surface area contributed by atoms with Crippen molar-refractivity contribution < 1.29 is 14.5 Å². The Labute approximate surface area is 131 Å². The molecule has 0 saturated heterocycles. The van der Waals surface area contributed by atoms with E-state index in [4.69, 9.17) is 4.74 Å². The SMILES string of the molecule is Cc1cc(OCC(=O)c2c[nH]c3ccccc23)ccc1[N+](=O)[O-]. The maximum atomic E-state index is 12.3. The minimum absolute atomic E-state index is 0.0281. The standard InChI is InChI=1S/C17H14N2O4/c1-11-8-12(6-7-16(11)19(21)22)23-10-17(20)14-9-18-15-5-3-2-4-13(14)15/h2-9,18H,10H2,1H3. The quantitative estimate of drug-likeness (QED) is 0.443. The second-order valence-corrected chi connectivity index (χ2v) is 5.17. The third kappa shape index (κ3) is 2.91. The molecule has 6 heteroatoms. The van der Waals surface area contributed by atoms with Gasteiger partial charge in [0.05, 0.1) is 4.92 Å². The van der Waals surface area contributed by atoms with E-state index in [9.17, 15) is 14.9 Å². The lowest BCUT2D eigenvalue weighted by Crippen LogP contribution is -2.11. The molecule has 0 atom stereocenters. The number of ether oxygens (including phenoxy) is 1. The summed E-state index contributed by atoms with van der Waals surface area (Å²) in [7, 11) is 0. The Morgan fingerprint density at radius 2 is 2.04 bits per heavy atom. The number of benzene rings is 2. The van der Waals surface area contributed by atoms with E-state index in [1.807, 2.05) is 24.3 Å². The molecule has 0 bridgehead atoms. The molecule has 0 fully saturated rings. The molecule has 0 unspecified atom stereocenters. The van der Waals surface area contributed by atoms with Crippen LogP contribution in [0.15, 0.2) is 48.7 Å². The molecular weight excluding hydrogens is 296 g/mol. The molecular formula is C17H14N2O4. The molecule has 3 aromatic rings. The van der Waals surface area contributed by atoms with Gasteiger partial charge < -0.3 is 9.72 Å². The smallest absolute Gasteiger partial charge is 0.272 e. The molecule has 0 radical (unpaired) electrons. The fourth-order valence-corrected chi connectivity index (χ4v) is 2.45. The van der Waals surface area contributed by atoms with Gasteiger partial charge in [-0.25, -0.2) is 0 Å². The van der Waals surface area contributed by atoms with E-state index >= 15 is 0 Å². The molecule has 0 aliphatic rings. The number of rotatable bonds is 5. The van der Waals surface area contributed by atoms with Gasteiger partial charge in [-0.1, -0.05) is 18.2 Å². The summed E-state index contributed by atoms with van der Waals surface area (Å²) in [5, 5.41) is 11.6. The Bertz CT molecular complexity index is 898. The van der Waals surface area contributed by atoms with Crippen LogP contribution < -0.4 is 4.74 Å². The van der Waals surface area contributed by atoms with Crippen molar-refractivity contribution in [3.05, 3.63) is 69.9 Å². The molecule has 0 spiro atoms. The lowest BCUT2D eigenvalue weighted by molar-refractivity contribution is -0.385. The van der Waals surface area contributed by atoms with Crippen LogP contribution in [0.5, 0.6) is 5.75 Å². The number of ketones is 1. The van der Waals surface area contributed by atoms with Crippen molar-refractivity contribution in [1.29, 1.82) is 0 Å². The lowest BCUT2D eigenvalue weighted by Gasteiger charge is -2.06. The van der Waals surface area contributed by atoms with Gasteiger partial charge in [-0.15, -0.1) is 0 Å². The first-order valence-corrected chi connectivity index (χ1v) is 7.03. The highest BCUT2D eigenvalue weighted by molar-refractivity contribution is 6.08. The van der Waals surface area contributed by atoms with Crippen LogP contribution in [0.2, 0.25) is 0 Å². The molecule has 116 valence electrons. The van der Waals surface area contributed by atoms with Crippen molar-refractivity contribution >= 4 is 22.4 Å². The summed E-state index contributed by atoms with van der Waals surface area (Å²) in [6.45, 7) is 1.51. The Morgan fingerprint density at radius 1 is 1.26 bits per heavy atom. The van der Waals surface area contributed by atoms with Gasteiger partial charge in [0.15, 0.2) is 6.61 Å². The first kappa shape index (κ1) is 14.8. The zero-order valence-electron chi connectivity index (χ0n) is 12.4. The van der Waals surface area contributed by atoms with Crippen molar-refractivity contribution in [2.75, 3.05) is 6.61 Å². The molecule has 1 heterocycles. The number of para-hydroxylation sites is 1. The average molecular weight is 310 g/mol. The fourth-order valence-electron chi connectivity index (χ4n) is 2.45. The number of nitrogens with zero attached hydrogens (tertiary/aromatic N) is 1. The van der Waals surface area contributed by atoms with Crippen LogP contribution in [0.3, 0.4) is 0 Å². The maximum absolute atomic E-state index is 12.3. The van der Waals surface area contributed by atoms with E-state index in [-0.39, 0.29) is 18.1 Å². The third-order valence-corrected chi connectivity index (χ3v) is 3.62. The van der Waals surface area contributed by atoms with Crippen molar-refractivity contribution in [3.63, 3.8) is 0 Å². The van der Waals surface area contributed by atoms with Crippen molar-refractivity contribution in [3.8, 4) is 5.75 Å². The summed E-state index contributed by atoms with van der Waals surface area (Å²) in [6, 6.07) is 12.0. The summed E-state index contributed by atoms with van der Waals surface area (Å²) >= 11 is 0. The van der Waals surface area contributed by atoms with Gasteiger partial charge in [0, 0.05) is 34.3 Å². The summed E-state index contributed by atoms with van der Waals surface area (Å²) in [5.74, 6) is 0.278. The van der Waals surface area contributed by atoms with E-state index in [2.05, 4.69) is 4.98 Å². The summed E-state index contributed by atoms with van der Waals surface area (Å²) < 4.78 is 5.47. The number of aryl methyl sites for hydroxylation is 1. The number of Topliss-reactive ketones (excluding diaryl/α,β-unsaturated/α-hetero) is 1. The second kappa shape index (κ2) is 5.92. The summed E-state index contributed by atoms with van der Waals surface area (Å²) in [4.78, 5) is 25.7. The van der Waals surface area contributed by atoms with Gasteiger partial charge in [0.25, 0.3) is 5.69 Å². The minimum Gasteiger partial charge on any atom is -0.485 e. The predicted molar refractivity (Wildman–Crippen MR) is 86.0 cm³/mol. The first-order valence-electron chi connectivity index (χ1n) is 7.03. The van der Waals surface area contributed by atoms with Crippen LogP contribution in [0.1, 0.15) is 15.9 Å². The van der Waals surface area contributed by atoms with Crippen LogP contribution >= 0.6 is 0 Å². The molecule has 1 aromatic heterocycles. The second-order valence-electron chi connectivity index (χ2n) is 5.17. The molecule has 23 heavy (non-hydrogen) atoms. The fraction of sp³-hybridized carbons (Fsp3) is 0.118. The first-order chi connectivity index (χ1) is 11.1. The summed E-state index contributed by atoms with van der Waals surface area (Å²) in [5.41, 5.74) is 1.98. The number of fused-ring (bicyclic) bond motifs is 1. The van der Waals surface area contributed by atoms with Crippen LogP contribution in [0.4, 0.5) is 5.69 Å². The zero-order valence-corrected chi connectivity index (χ0v) is 12.4. The summed E-state index contributed by atoms with van der Waals surface area (Å²) in [6.07, 6.45) is 1.66. The number of hydrogen-bond acceptors (Lipinski definition) is 4. The Hall–Kier alpha value is -3.15. The molecule has 6 nitrogen and oxygen atoms in total. The Morgan fingerprint density at radius 3 is 2.78 bits per heavy atom. The number of nitro groups is 1. The third-order valence-electron chi connectivity index (χ3n) is 3.62. The Balaban J connectivity index is 1.74. The van der Waals surface area contributed by atoms with Gasteiger partial charge in [0.2, 0.25) is 5.78 Å². The van der Waals surface area contributed by atoms with Crippen LogP contribution in [0, 0.1) is 17.0 Å². The van der Waals surface area contributed by atoms with Crippen LogP contribution in [0.25, 0.3) is 10.9 Å². The lowest BCUT2D eigenvalue weighted by atomic mass is 10.1. The predicted octanol–water partition coefficient (Wildman–Crippen LogP) is 3.65. The largest absolute Gasteiger partial charge is 0.485 e. The van der Waals surface area contributed by atoms with E-state index in [1.54, 1.807) is 19.2 Å². The minimum atomic E-state index is -0.448. The van der Waals surface area contributed by atoms with E-state index in [1.165, 1.54) is 12.1 Å². The number of aromatic amines is 1. The van der Waals surface area contributed by atoms with Crippen LogP contribution in [-0.4, -0.2) is 22.3 Å². The van der Waals surface area contributed by atoms with Crippen LogP contribution in [-0.2, 0) is 0 Å². The number of hydrogen-bond donors (Lipinski definition) is 1. The average Bonchev–Trinajstić information content (AvgIpc) is 2.96. The molecule has 1 N–H and O–H groups in total. The number of nitrogens with one attached hydrogen (secondary N) is 1. The van der Waals surface area contributed by atoms with Gasteiger partial charge in [-0.2, -0.15) is 0 Å². The number of nitro benzene ring substituents is 1. The van der Waals surface area contributed by atoms with Gasteiger partial charge >= 0.3 is 0 Å². The number of carbonyl (C=O) groups is 1. The molecule has 0 aliphatic heterocycles. The molecule has 0 aliphatic carbocycles. The zero-order chi connectivity index (χ0) is 16.4. The highest BCUT2D eigenvalue weighted by Crippen LogP contribution is 2.23. The van der Waals surface area contributed by atoms with Crippen molar-refractivity contribution in [2.24, 2.45) is 0 Å². The molecule has 2 aromatic carbocycles. The maximum Gasteiger partial charge on any atom is 0.272 e. The van der Waals surface area contributed by atoms with E-state index < -0.39 is 4.92 Å². The monoisotopic (exact) mass is 310 g/mol. The number of H-pyrrole nitrogens is 1. The van der Waals surface area contributed by atoms with Gasteiger partial charge in [-0.3, -0.25) is 14.9 Å². The van der Waals surface area contributed by atoms with E-state index in [0.717, 1.165) is 10.9 Å². The molecule has 0 saturated carbocycles. The van der Waals surface area contributed by atoms with Crippen molar-refractivity contribution in [1.82, 2.24) is 4.98 Å². The van der Waals surface area contributed by atoms with Gasteiger partial charge in [0.1, 0.15) is 5.75 Å². The molecule has 3 rings (SSSR count). The van der Waals surface area contributed by atoms with E-state index in [0.29, 0.717) is 16.9 Å². The molecule has 0 amide bonds.